The Hall–Kier alpha value is -1.47. The van der Waals surface area contributed by atoms with E-state index in [-0.39, 0.29) is 44.0 Å². The number of aromatic nitrogens is 1. The minimum absolute atomic E-state index is 0.0331. The summed E-state index contributed by atoms with van der Waals surface area (Å²) in [5, 5.41) is 15.3. The number of halogens is 1. The van der Waals surface area contributed by atoms with E-state index in [0.29, 0.717) is 5.69 Å². The number of likely N-dealkylation sites (tertiary alicyclic amines) is 1. The highest BCUT2D eigenvalue weighted by atomic mass is 19.1. The molecule has 0 unspecified atom stereocenters. The highest BCUT2D eigenvalue weighted by Crippen LogP contribution is 2.19. The lowest BCUT2D eigenvalue weighted by Gasteiger charge is -2.20. The highest BCUT2D eigenvalue weighted by molar-refractivity contribution is 5.91. The van der Waals surface area contributed by atoms with Crippen LogP contribution in [0.2, 0.25) is 0 Å². The first-order valence-electron chi connectivity index (χ1n) is 5.80. The normalized spacial score (nSPS) is 24.4. The zero-order chi connectivity index (χ0) is 13.1. The predicted molar refractivity (Wildman–Crippen MR) is 61.8 cm³/mol. The van der Waals surface area contributed by atoms with E-state index >= 15 is 0 Å². The molecule has 100 valence electrons. The van der Waals surface area contributed by atoms with Gasteiger partial charge in [-0.3, -0.25) is 15.0 Å². The van der Waals surface area contributed by atoms with Crippen LogP contribution in [0.25, 0.3) is 0 Å². The molecular formula is C11H16FN3O3. The molecule has 0 radical (unpaired) electrons. The fourth-order valence-corrected chi connectivity index (χ4v) is 2.09. The molecule has 0 spiro atoms. The van der Waals surface area contributed by atoms with Crippen molar-refractivity contribution in [3.63, 3.8) is 0 Å². The van der Waals surface area contributed by atoms with Crippen LogP contribution in [-0.4, -0.2) is 53.0 Å². The standard InChI is InChI=1S/C11H16FN3O3/c1-7-2-11(18-14-7)13-10(17)5-15-4-8(12)3-9(15)6-16/h2,8-9,16H,3-6H2,1H3,(H,13,17)/t8-,9-/m0/s1. The fraction of sp³-hybridized carbons (Fsp3) is 0.636. The van der Waals surface area contributed by atoms with E-state index in [1.165, 1.54) is 0 Å². The van der Waals surface area contributed by atoms with Gasteiger partial charge in [0.05, 0.1) is 18.8 Å². The summed E-state index contributed by atoms with van der Waals surface area (Å²) < 4.78 is 18.0. The molecule has 1 saturated heterocycles. The zero-order valence-corrected chi connectivity index (χ0v) is 10.1. The molecule has 7 heteroatoms. The minimum atomic E-state index is -0.984. The first-order valence-corrected chi connectivity index (χ1v) is 5.80. The van der Waals surface area contributed by atoms with Crippen LogP contribution in [0.3, 0.4) is 0 Å². The van der Waals surface area contributed by atoms with Crippen molar-refractivity contribution < 1.29 is 18.8 Å². The Balaban J connectivity index is 1.87. The third-order valence-corrected chi connectivity index (χ3v) is 2.92. The number of alkyl halides is 1. The molecule has 1 fully saturated rings. The SMILES string of the molecule is Cc1cc(NC(=O)CN2C[C@@H](F)C[C@H]2CO)on1. The molecule has 1 aromatic rings. The molecule has 0 aromatic carbocycles. The summed E-state index contributed by atoms with van der Waals surface area (Å²) in [7, 11) is 0. The van der Waals surface area contributed by atoms with Gasteiger partial charge in [0.2, 0.25) is 11.8 Å². The van der Waals surface area contributed by atoms with Crippen molar-refractivity contribution in [3.05, 3.63) is 11.8 Å². The molecule has 1 amide bonds. The number of hydrogen-bond donors (Lipinski definition) is 2. The van der Waals surface area contributed by atoms with Crippen LogP contribution in [0.1, 0.15) is 12.1 Å². The predicted octanol–water partition coefficient (Wildman–Crippen LogP) is 0.326. The number of rotatable bonds is 4. The molecule has 1 aliphatic rings. The monoisotopic (exact) mass is 257 g/mol. The molecule has 6 nitrogen and oxygen atoms in total. The number of amides is 1. The van der Waals surface area contributed by atoms with Gasteiger partial charge in [-0.15, -0.1) is 0 Å². The van der Waals surface area contributed by atoms with Crippen LogP contribution < -0.4 is 5.32 Å². The van der Waals surface area contributed by atoms with Gasteiger partial charge in [-0.25, -0.2) is 4.39 Å². The fourth-order valence-electron chi connectivity index (χ4n) is 2.09. The highest BCUT2D eigenvalue weighted by Gasteiger charge is 2.32. The molecule has 2 N–H and O–H groups in total. The molecular weight excluding hydrogens is 241 g/mol. The van der Waals surface area contributed by atoms with Crippen LogP contribution >= 0.6 is 0 Å². The number of nitrogens with zero attached hydrogens (tertiary/aromatic N) is 2. The summed E-state index contributed by atoms with van der Waals surface area (Å²) in [5.74, 6) is -0.0345. The second-order valence-electron chi connectivity index (χ2n) is 4.48. The number of aliphatic hydroxyl groups is 1. The molecule has 1 aliphatic heterocycles. The number of aliphatic hydroxyl groups excluding tert-OH is 1. The lowest BCUT2D eigenvalue weighted by atomic mass is 10.2. The largest absolute Gasteiger partial charge is 0.395 e. The van der Waals surface area contributed by atoms with Crippen LogP contribution in [0.4, 0.5) is 10.3 Å². The van der Waals surface area contributed by atoms with E-state index in [1.54, 1.807) is 17.9 Å². The zero-order valence-electron chi connectivity index (χ0n) is 10.1. The van der Waals surface area contributed by atoms with Gasteiger partial charge in [-0.2, -0.15) is 0 Å². The van der Waals surface area contributed by atoms with Crippen molar-refractivity contribution in [3.8, 4) is 0 Å². The average molecular weight is 257 g/mol. The Morgan fingerprint density at radius 2 is 2.56 bits per heavy atom. The van der Waals surface area contributed by atoms with Crippen LogP contribution in [-0.2, 0) is 4.79 Å². The molecule has 18 heavy (non-hydrogen) atoms. The average Bonchev–Trinajstić information content (AvgIpc) is 2.85. The van der Waals surface area contributed by atoms with Crippen molar-refractivity contribution >= 4 is 11.8 Å². The molecule has 0 saturated carbocycles. The van der Waals surface area contributed by atoms with Gasteiger partial charge in [0.15, 0.2) is 0 Å². The number of carbonyl (C=O) groups excluding carboxylic acids is 1. The number of hydrogen-bond acceptors (Lipinski definition) is 5. The molecule has 2 rings (SSSR count). The van der Waals surface area contributed by atoms with Gasteiger partial charge in [0, 0.05) is 18.7 Å². The second-order valence-corrected chi connectivity index (χ2v) is 4.48. The Labute approximate surface area is 104 Å². The van der Waals surface area contributed by atoms with E-state index in [0.717, 1.165) is 0 Å². The molecule has 2 atom stereocenters. The topological polar surface area (TPSA) is 78.6 Å². The smallest absolute Gasteiger partial charge is 0.240 e. The Bertz CT molecular complexity index is 423. The number of carbonyl (C=O) groups is 1. The van der Waals surface area contributed by atoms with Crippen LogP contribution in [0, 0.1) is 6.92 Å². The van der Waals surface area contributed by atoms with E-state index in [9.17, 15) is 9.18 Å². The first-order chi connectivity index (χ1) is 8.58. The summed E-state index contributed by atoms with van der Waals surface area (Å²) in [4.78, 5) is 13.3. The van der Waals surface area contributed by atoms with Gasteiger partial charge in [0.1, 0.15) is 6.17 Å². The van der Waals surface area contributed by atoms with E-state index in [4.69, 9.17) is 9.63 Å². The van der Waals surface area contributed by atoms with Crippen molar-refractivity contribution in [1.29, 1.82) is 0 Å². The van der Waals surface area contributed by atoms with Crippen LogP contribution in [0.15, 0.2) is 10.6 Å². The number of aryl methyl sites for hydroxylation is 1. The third kappa shape index (κ3) is 3.05. The Morgan fingerprint density at radius 3 is 3.17 bits per heavy atom. The summed E-state index contributed by atoms with van der Waals surface area (Å²) in [6, 6.07) is 1.31. The molecule has 1 aromatic heterocycles. The van der Waals surface area contributed by atoms with Crippen molar-refractivity contribution in [1.82, 2.24) is 10.1 Å². The lowest BCUT2D eigenvalue weighted by molar-refractivity contribution is -0.117. The van der Waals surface area contributed by atoms with Gasteiger partial charge in [-0.1, -0.05) is 5.16 Å². The maximum Gasteiger partial charge on any atom is 0.240 e. The molecule has 0 bridgehead atoms. The van der Waals surface area contributed by atoms with Gasteiger partial charge in [0.25, 0.3) is 0 Å². The quantitative estimate of drug-likeness (QED) is 0.812. The summed E-state index contributed by atoms with van der Waals surface area (Å²) >= 11 is 0. The van der Waals surface area contributed by atoms with Gasteiger partial charge in [-0.05, 0) is 13.3 Å². The Morgan fingerprint density at radius 1 is 1.78 bits per heavy atom. The van der Waals surface area contributed by atoms with Crippen molar-refractivity contribution in [2.24, 2.45) is 0 Å². The van der Waals surface area contributed by atoms with Crippen LogP contribution in [0.5, 0.6) is 0 Å². The van der Waals surface area contributed by atoms with E-state index in [1.807, 2.05) is 0 Å². The maximum atomic E-state index is 13.2. The van der Waals surface area contributed by atoms with Crippen molar-refractivity contribution in [2.75, 3.05) is 25.0 Å². The summed E-state index contributed by atoms with van der Waals surface area (Å²) in [6.45, 7) is 1.81. The van der Waals surface area contributed by atoms with Crippen molar-refractivity contribution in [2.45, 2.75) is 25.6 Å². The maximum absolute atomic E-state index is 13.2. The summed E-state index contributed by atoms with van der Waals surface area (Å²) in [5.41, 5.74) is 0.670. The second kappa shape index (κ2) is 5.45. The molecule has 2 heterocycles. The van der Waals surface area contributed by atoms with E-state index in [2.05, 4.69) is 10.5 Å². The third-order valence-electron chi connectivity index (χ3n) is 2.92. The first kappa shape index (κ1) is 13.0. The summed E-state index contributed by atoms with van der Waals surface area (Å²) in [6.07, 6.45) is -0.715. The van der Waals surface area contributed by atoms with Gasteiger partial charge < -0.3 is 9.63 Å². The number of anilines is 1. The van der Waals surface area contributed by atoms with Gasteiger partial charge >= 0.3 is 0 Å². The lowest BCUT2D eigenvalue weighted by Crippen LogP contribution is -2.38. The van der Waals surface area contributed by atoms with E-state index < -0.39 is 6.17 Å². The Kier molecular flexibility index (Phi) is 3.93. The molecule has 0 aliphatic carbocycles. The number of nitrogens with one attached hydrogen (secondary N) is 1. The minimum Gasteiger partial charge on any atom is -0.395 e.